The smallest absolute Gasteiger partial charge is 0.321 e. The number of nitrogens with one attached hydrogen (secondary N) is 1. The first kappa shape index (κ1) is 17.5. The number of ether oxygens (including phenoxy) is 1. The molecule has 1 saturated heterocycles. The first-order chi connectivity index (χ1) is 12.2. The average Bonchev–Trinajstić information content (AvgIpc) is 3.15. The second kappa shape index (κ2) is 8.69. The van der Waals surface area contributed by atoms with E-state index < -0.39 is 0 Å². The lowest BCUT2D eigenvalue weighted by molar-refractivity contribution is 0.0930. The summed E-state index contributed by atoms with van der Waals surface area (Å²) in [6.07, 6.45) is 3.53. The fraction of sp³-hybridized carbons (Fsp3) is 0.421. The van der Waals surface area contributed by atoms with Crippen molar-refractivity contribution in [3.05, 3.63) is 54.0 Å². The van der Waals surface area contributed by atoms with Crippen LogP contribution in [0.5, 0.6) is 0 Å². The van der Waals surface area contributed by atoms with Crippen LogP contribution in [0.4, 0.5) is 10.5 Å². The molecule has 2 aromatic rings. The third-order valence-electron chi connectivity index (χ3n) is 4.34. The van der Waals surface area contributed by atoms with Crippen molar-refractivity contribution in [2.45, 2.75) is 26.1 Å². The Morgan fingerprint density at radius 2 is 2.24 bits per heavy atom. The maximum atomic E-state index is 12.4. The lowest BCUT2D eigenvalue weighted by Crippen LogP contribution is -2.43. The Balaban J connectivity index is 1.51. The zero-order chi connectivity index (χ0) is 17.5. The highest BCUT2D eigenvalue weighted by atomic mass is 16.5. The normalized spacial score (nSPS) is 17.5. The summed E-state index contributed by atoms with van der Waals surface area (Å²) in [5, 5.41) is 12.2. The van der Waals surface area contributed by atoms with Crippen LogP contribution < -0.4 is 5.32 Å². The minimum atomic E-state index is -0.119. The number of rotatable bonds is 6. The van der Waals surface area contributed by atoms with Crippen molar-refractivity contribution in [3.63, 3.8) is 0 Å². The molecule has 6 nitrogen and oxygen atoms in total. The molecule has 0 saturated carbocycles. The number of piperidine rings is 1. The van der Waals surface area contributed by atoms with Gasteiger partial charge in [-0.15, -0.1) is 0 Å². The topological polar surface area (TPSA) is 74.9 Å². The summed E-state index contributed by atoms with van der Waals surface area (Å²) in [6, 6.07) is 11.2. The Morgan fingerprint density at radius 1 is 1.32 bits per heavy atom. The van der Waals surface area contributed by atoms with E-state index in [0.29, 0.717) is 19.8 Å². The van der Waals surface area contributed by atoms with Gasteiger partial charge in [0.2, 0.25) is 0 Å². The predicted octanol–water partition coefficient (Wildman–Crippen LogP) is 3.23. The molecule has 2 amide bonds. The minimum absolute atomic E-state index is 0.119. The molecule has 1 atom stereocenters. The van der Waals surface area contributed by atoms with Crippen molar-refractivity contribution in [2.75, 3.05) is 25.0 Å². The van der Waals surface area contributed by atoms with Gasteiger partial charge in [0.1, 0.15) is 12.4 Å². The number of likely N-dealkylation sites (tertiary alicyclic amines) is 1. The molecule has 1 aromatic heterocycles. The number of aliphatic hydroxyl groups excluding tert-OH is 1. The molecular formula is C19H24N2O4. The molecule has 134 valence electrons. The molecule has 1 aliphatic rings. The van der Waals surface area contributed by atoms with Gasteiger partial charge < -0.3 is 24.5 Å². The van der Waals surface area contributed by atoms with E-state index in [1.807, 2.05) is 36.4 Å². The van der Waals surface area contributed by atoms with Crippen LogP contribution in [0, 0.1) is 5.92 Å². The van der Waals surface area contributed by atoms with Crippen molar-refractivity contribution in [3.8, 4) is 0 Å². The summed E-state index contributed by atoms with van der Waals surface area (Å²) < 4.78 is 10.9. The van der Waals surface area contributed by atoms with Crippen LogP contribution in [0.25, 0.3) is 0 Å². The summed E-state index contributed by atoms with van der Waals surface area (Å²) in [4.78, 5) is 14.2. The summed E-state index contributed by atoms with van der Waals surface area (Å²) in [6.45, 7) is 2.33. The molecule has 3 rings (SSSR count). The fourth-order valence-corrected chi connectivity index (χ4v) is 3.00. The number of benzene rings is 1. The van der Waals surface area contributed by atoms with Crippen LogP contribution in [-0.2, 0) is 18.0 Å². The molecule has 0 spiro atoms. The SMILES string of the molecule is O=C(Nc1cccc(COCc2ccco2)c1)N1CCCC(CO)C1. The average molecular weight is 344 g/mol. The van der Waals surface area contributed by atoms with Crippen molar-refractivity contribution in [2.24, 2.45) is 5.92 Å². The van der Waals surface area contributed by atoms with Crippen LogP contribution in [0.2, 0.25) is 0 Å². The number of carbonyl (C=O) groups is 1. The van der Waals surface area contributed by atoms with Gasteiger partial charge in [-0.2, -0.15) is 0 Å². The second-order valence-corrected chi connectivity index (χ2v) is 6.34. The van der Waals surface area contributed by atoms with Crippen molar-refractivity contribution in [1.82, 2.24) is 4.90 Å². The number of hydrogen-bond acceptors (Lipinski definition) is 4. The van der Waals surface area contributed by atoms with Crippen molar-refractivity contribution < 1.29 is 19.1 Å². The van der Waals surface area contributed by atoms with Gasteiger partial charge >= 0.3 is 6.03 Å². The number of anilines is 1. The molecule has 0 bridgehead atoms. The largest absolute Gasteiger partial charge is 0.467 e. The molecule has 6 heteroatoms. The summed E-state index contributed by atoms with van der Waals surface area (Å²) in [7, 11) is 0. The van der Waals surface area contributed by atoms with E-state index in [9.17, 15) is 9.90 Å². The van der Waals surface area contributed by atoms with Gasteiger partial charge in [-0.3, -0.25) is 0 Å². The summed E-state index contributed by atoms with van der Waals surface area (Å²) in [5.41, 5.74) is 1.73. The third kappa shape index (κ3) is 5.08. The maximum absolute atomic E-state index is 12.4. The van der Waals surface area contributed by atoms with Crippen LogP contribution in [0.1, 0.15) is 24.2 Å². The first-order valence-electron chi connectivity index (χ1n) is 8.60. The number of furan rings is 1. The first-order valence-corrected chi connectivity index (χ1v) is 8.60. The van der Waals surface area contributed by atoms with Gasteiger partial charge in [-0.1, -0.05) is 12.1 Å². The molecule has 25 heavy (non-hydrogen) atoms. The minimum Gasteiger partial charge on any atom is -0.467 e. The van der Waals surface area contributed by atoms with Crippen molar-refractivity contribution in [1.29, 1.82) is 0 Å². The standard InChI is InChI=1S/C19H24N2O4/c22-12-16-5-2-8-21(11-16)19(23)20-17-6-1-4-15(10-17)13-24-14-18-7-3-9-25-18/h1,3-4,6-7,9-10,16,22H,2,5,8,11-14H2,(H,20,23). The third-order valence-corrected chi connectivity index (χ3v) is 4.34. The van der Waals surface area contributed by atoms with E-state index in [-0.39, 0.29) is 18.6 Å². The van der Waals surface area contributed by atoms with E-state index >= 15 is 0 Å². The molecule has 2 N–H and O–H groups in total. The van der Waals surface area contributed by atoms with Crippen LogP contribution in [0.3, 0.4) is 0 Å². The molecular weight excluding hydrogens is 320 g/mol. The monoisotopic (exact) mass is 344 g/mol. The van der Waals surface area contributed by atoms with Crippen LogP contribution in [-0.4, -0.2) is 35.7 Å². The fourth-order valence-electron chi connectivity index (χ4n) is 3.00. The lowest BCUT2D eigenvalue weighted by atomic mass is 9.99. The highest BCUT2D eigenvalue weighted by Gasteiger charge is 2.23. The molecule has 1 fully saturated rings. The van der Waals surface area contributed by atoms with Gasteiger partial charge in [-0.05, 0) is 48.6 Å². The predicted molar refractivity (Wildman–Crippen MR) is 94.0 cm³/mol. The summed E-state index contributed by atoms with van der Waals surface area (Å²) in [5.74, 6) is 0.967. The highest BCUT2D eigenvalue weighted by molar-refractivity contribution is 5.89. The van der Waals surface area contributed by atoms with Gasteiger partial charge in [0, 0.05) is 25.4 Å². The molecule has 1 aliphatic heterocycles. The summed E-state index contributed by atoms with van der Waals surface area (Å²) >= 11 is 0. The maximum Gasteiger partial charge on any atom is 0.321 e. The van der Waals surface area contributed by atoms with E-state index in [4.69, 9.17) is 9.15 Å². The quantitative estimate of drug-likeness (QED) is 0.844. The highest BCUT2D eigenvalue weighted by Crippen LogP contribution is 2.18. The Hall–Kier alpha value is -2.31. The van der Waals surface area contributed by atoms with E-state index in [1.54, 1.807) is 11.2 Å². The molecule has 1 unspecified atom stereocenters. The second-order valence-electron chi connectivity index (χ2n) is 6.34. The van der Waals surface area contributed by atoms with Gasteiger partial charge in [0.25, 0.3) is 0 Å². The number of hydrogen-bond donors (Lipinski definition) is 2. The van der Waals surface area contributed by atoms with Gasteiger partial charge in [0.15, 0.2) is 0 Å². The molecule has 1 aromatic carbocycles. The number of aliphatic hydroxyl groups is 1. The molecule has 2 heterocycles. The number of urea groups is 1. The Bertz CT molecular complexity index is 672. The van der Waals surface area contributed by atoms with E-state index in [0.717, 1.165) is 36.4 Å². The zero-order valence-electron chi connectivity index (χ0n) is 14.2. The molecule has 0 aliphatic carbocycles. The lowest BCUT2D eigenvalue weighted by Gasteiger charge is -2.31. The van der Waals surface area contributed by atoms with Crippen LogP contribution >= 0.6 is 0 Å². The Morgan fingerprint density at radius 3 is 3.04 bits per heavy atom. The number of carbonyl (C=O) groups excluding carboxylic acids is 1. The Labute approximate surface area is 147 Å². The van der Waals surface area contributed by atoms with E-state index in [2.05, 4.69) is 5.32 Å². The van der Waals surface area contributed by atoms with Crippen LogP contribution in [0.15, 0.2) is 47.1 Å². The Kier molecular flexibility index (Phi) is 6.09. The van der Waals surface area contributed by atoms with Gasteiger partial charge in [-0.25, -0.2) is 4.79 Å². The number of amides is 2. The zero-order valence-corrected chi connectivity index (χ0v) is 14.2. The van der Waals surface area contributed by atoms with E-state index in [1.165, 1.54) is 0 Å². The van der Waals surface area contributed by atoms with Crippen molar-refractivity contribution >= 4 is 11.7 Å². The molecule has 0 radical (unpaired) electrons. The van der Waals surface area contributed by atoms with Gasteiger partial charge in [0.05, 0.1) is 12.9 Å². The number of nitrogens with zero attached hydrogens (tertiary/aromatic N) is 1.